The van der Waals surface area contributed by atoms with Crippen molar-refractivity contribution in [2.45, 2.75) is 38.0 Å². The highest BCUT2D eigenvalue weighted by Gasteiger charge is 2.36. The molecule has 3 aromatic rings. The van der Waals surface area contributed by atoms with Gasteiger partial charge in [0.2, 0.25) is 11.8 Å². The molecule has 1 heterocycles. The molecule has 3 N–H and O–H groups in total. The summed E-state index contributed by atoms with van der Waals surface area (Å²) in [6.45, 7) is -0.583. The van der Waals surface area contributed by atoms with Crippen molar-refractivity contribution < 1.29 is 27.6 Å². The number of alkyl halides is 3. The zero-order valence-electron chi connectivity index (χ0n) is 20.0. The highest BCUT2D eigenvalue weighted by atomic mass is 35.5. The standard InChI is InChI=1S/C25H27ClF3N5O3/c1-33-16-19(15-32-33)23(24(36)31-14-18-2-7-20(26)8-3-18)34(13-12-25(27,28)29)22(35)11-6-17-4-9-21(37-30)10-5-17/h2-5,7-10,15-16,23H,6,11-14,30H2,1H3,(H,31,36). The number of nitrogens with one attached hydrogen (secondary N) is 1. The number of benzene rings is 2. The molecule has 37 heavy (non-hydrogen) atoms. The van der Waals surface area contributed by atoms with Crippen LogP contribution < -0.4 is 16.1 Å². The van der Waals surface area contributed by atoms with Crippen LogP contribution in [0.1, 0.15) is 35.6 Å². The van der Waals surface area contributed by atoms with E-state index in [0.29, 0.717) is 16.3 Å². The van der Waals surface area contributed by atoms with Crippen LogP contribution in [-0.2, 0) is 29.6 Å². The molecule has 12 heteroatoms. The molecule has 0 aliphatic heterocycles. The number of hydrogen-bond acceptors (Lipinski definition) is 5. The number of amides is 2. The van der Waals surface area contributed by atoms with Crippen molar-refractivity contribution in [2.75, 3.05) is 6.54 Å². The normalized spacial score (nSPS) is 12.2. The average Bonchev–Trinajstić information content (AvgIpc) is 3.29. The molecular formula is C25H27ClF3N5O3. The van der Waals surface area contributed by atoms with Gasteiger partial charge in [0.05, 0.1) is 12.6 Å². The average molecular weight is 538 g/mol. The summed E-state index contributed by atoms with van der Waals surface area (Å²) < 4.78 is 41.0. The van der Waals surface area contributed by atoms with Crippen LogP contribution in [0.15, 0.2) is 60.9 Å². The minimum Gasteiger partial charge on any atom is -0.412 e. The number of rotatable bonds is 11. The third-order valence-electron chi connectivity index (χ3n) is 5.62. The fourth-order valence-electron chi connectivity index (χ4n) is 3.72. The molecule has 0 aliphatic carbocycles. The van der Waals surface area contributed by atoms with Gasteiger partial charge in [-0.05, 0) is 41.8 Å². The summed E-state index contributed by atoms with van der Waals surface area (Å²) >= 11 is 5.90. The summed E-state index contributed by atoms with van der Waals surface area (Å²) in [7, 11) is 1.61. The Hall–Kier alpha value is -3.57. The van der Waals surface area contributed by atoms with E-state index in [4.69, 9.17) is 17.5 Å². The van der Waals surface area contributed by atoms with Crippen molar-refractivity contribution in [3.8, 4) is 5.75 Å². The van der Waals surface area contributed by atoms with Gasteiger partial charge in [-0.1, -0.05) is 35.9 Å². The van der Waals surface area contributed by atoms with Gasteiger partial charge in [0, 0.05) is 43.3 Å². The Balaban J connectivity index is 1.83. The van der Waals surface area contributed by atoms with E-state index in [1.807, 2.05) is 0 Å². The molecule has 0 bridgehead atoms. The molecule has 1 unspecified atom stereocenters. The first kappa shape index (κ1) is 28.0. The largest absolute Gasteiger partial charge is 0.412 e. The Bertz CT molecular complexity index is 1180. The molecule has 0 aliphatic rings. The van der Waals surface area contributed by atoms with Gasteiger partial charge in [0.15, 0.2) is 0 Å². The maximum atomic E-state index is 13.3. The van der Waals surface area contributed by atoms with Gasteiger partial charge in [-0.25, -0.2) is 0 Å². The first-order valence-electron chi connectivity index (χ1n) is 11.4. The molecule has 8 nitrogen and oxygen atoms in total. The fraction of sp³-hybridized carbons (Fsp3) is 0.320. The minimum atomic E-state index is -4.52. The molecule has 3 rings (SSSR count). The number of halogens is 4. The lowest BCUT2D eigenvalue weighted by Crippen LogP contribution is -2.45. The first-order valence-corrected chi connectivity index (χ1v) is 11.8. The van der Waals surface area contributed by atoms with Crippen molar-refractivity contribution in [1.82, 2.24) is 20.0 Å². The van der Waals surface area contributed by atoms with Crippen molar-refractivity contribution in [1.29, 1.82) is 0 Å². The molecule has 0 radical (unpaired) electrons. The zero-order valence-corrected chi connectivity index (χ0v) is 20.8. The molecular weight excluding hydrogens is 511 g/mol. The second kappa shape index (κ2) is 12.6. The van der Waals surface area contributed by atoms with E-state index in [1.54, 1.807) is 55.6 Å². The van der Waals surface area contributed by atoms with Gasteiger partial charge in [-0.15, -0.1) is 0 Å². The second-order valence-corrected chi connectivity index (χ2v) is 8.84. The number of carbonyl (C=O) groups is 2. The van der Waals surface area contributed by atoms with E-state index in [0.717, 1.165) is 16.0 Å². The number of carbonyl (C=O) groups excluding carboxylic acids is 2. The molecule has 2 aromatic carbocycles. The van der Waals surface area contributed by atoms with E-state index in [9.17, 15) is 22.8 Å². The van der Waals surface area contributed by atoms with Gasteiger partial charge in [-0.3, -0.25) is 14.3 Å². The van der Waals surface area contributed by atoms with Crippen LogP contribution in [0, 0.1) is 0 Å². The van der Waals surface area contributed by atoms with Gasteiger partial charge in [0.1, 0.15) is 11.8 Å². The monoisotopic (exact) mass is 537 g/mol. The summed E-state index contributed by atoms with van der Waals surface area (Å²) in [5, 5.41) is 7.30. The maximum absolute atomic E-state index is 13.3. The lowest BCUT2D eigenvalue weighted by atomic mass is 10.0. The number of nitrogens with zero attached hydrogens (tertiary/aromatic N) is 3. The molecule has 1 atom stereocenters. The van der Waals surface area contributed by atoms with Crippen LogP contribution in [0.2, 0.25) is 5.02 Å². The van der Waals surface area contributed by atoms with Gasteiger partial charge in [0.25, 0.3) is 0 Å². The summed E-state index contributed by atoms with van der Waals surface area (Å²) in [6, 6.07) is 12.1. The van der Waals surface area contributed by atoms with E-state index in [-0.39, 0.29) is 19.4 Å². The Labute approximate surface area is 217 Å². The highest BCUT2D eigenvalue weighted by molar-refractivity contribution is 6.30. The summed E-state index contributed by atoms with van der Waals surface area (Å²) in [5.74, 6) is 4.32. The van der Waals surface area contributed by atoms with Crippen molar-refractivity contribution in [3.63, 3.8) is 0 Å². The summed E-state index contributed by atoms with van der Waals surface area (Å²) in [4.78, 5) is 32.2. The Kier molecular flexibility index (Phi) is 9.54. The highest BCUT2D eigenvalue weighted by Crippen LogP contribution is 2.27. The van der Waals surface area contributed by atoms with Gasteiger partial charge in [-0.2, -0.15) is 24.2 Å². The predicted molar refractivity (Wildman–Crippen MR) is 131 cm³/mol. The molecule has 198 valence electrons. The predicted octanol–water partition coefficient (Wildman–Crippen LogP) is 4.10. The molecule has 2 amide bonds. The van der Waals surface area contributed by atoms with E-state index in [2.05, 4.69) is 15.3 Å². The number of nitrogens with two attached hydrogens (primary N) is 1. The number of hydrogen-bond donors (Lipinski definition) is 2. The van der Waals surface area contributed by atoms with E-state index < -0.39 is 37.0 Å². The van der Waals surface area contributed by atoms with Crippen LogP contribution in [0.5, 0.6) is 5.75 Å². The third kappa shape index (κ3) is 8.50. The van der Waals surface area contributed by atoms with E-state index in [1.165, 1.54) is 17.1 Å². The van der Waals surface area contributed by atoms with E-state index >= 15 is 0 Å². The Morgan fingerprint density at radius 2 is 1.78 bits per heavy atom. The SMILES string of the molecule is Cn1cc(C(C(=O)NCc2ccc(Cl)cc2)N(CCC(F)(F)F)C(=O)CCc2ccc(ON)cc2)cn1. The lowest BCUT2D eigenvalue weighted by Gasteiger charge is -2.31. The van der Waals surface area contributed by atoms with Crippen LogP contribution in [0.25, 0.3) is 0 Å². The van der Waals surface area contributed by atoms with Crippen LogP contribution in [0.3, 0.4) is 0 Å². The summed E-state index contributed by atoms with van der Waals surface area (Å²) in [5.41, 5.74) is 1.80. The van der Waals surface area contributed by atoms with Crippen LogP contribution in [-0.4, -0.2) is 39.2 Å². The van der Waals surface area contributed by atoms with Crippen LogP contribution in [0.4, 0.5) is 13.2 Å². The molecule has 0 saturated carbocycles. The third-order valence-corrected chi connectivity index (χ3v) is 5.88. The zero-order chi connectivity index (χ0) is 27.0. The molecule has 0 spiro atoms. The van der Waals surface area contributed by atoms with Crippen molar-refractivity contribution in [3.05, 3.63) is 82.6 Å². The first-order chi connectivity index (χ1) is 17.6. The fourth-order valence-corrected chi connectivity index (χ4v) is 3.84. The number of aromatic nitrogens is 2. The number of aryl methyl sites for hydroxylation is 2. The van der Waals surface area contributed by atoms with Gasteiger partial charge >= 0.3 is 6.18 Å². The van der Waals surface area contributed by atoms with Gasteiger partial charge < -0.3 is 15.1 Å². The minimum absolute atomic E-state index is 0.101. The van der Waals surface area contributed by atoms with Crippen molar-refractivity contribution >= 4 is 23.4 Å². The summed E-state index contributed by atoms with van der Waals surface area (Å²) in [6.07, 6.45) is -2.77. The maximum Gasteiger partial charge on any atom is 0.390 e. The van der Waals surface area contributed by atoms with Crippen molar-refractivity contribution in [2.24, 2.45) is 12.9 Å². The van der Waals surface area contributed by atoms with Crippen LogP contribution >= 0.6 is 11.6 Å². The second-order valence-electron chi connectivity index (χ2n) is 8.41. The Morgan fingerprint density at radius 3 is 2.35 bits per heavy atom. The lowest BCUT2D eigenvalue weighted by molar-refractivity contribution is -0.152. The quantitative estimate of drug-likeness (QED) is 0.359. The topological polar surface area (TPSA) is 102 Å². The molecule has 1 aromatic heterocycles. The smallest absolute Gasteiger partial charge is 0.390 e. The molecule has 0 fully saturated rings. The molecule has 0 saturated heterocycles. The Morgan fingerprint density at radius 1 is 1.14 bits per heavy atom.